The molecule has 1 aromatic heterocycles. The number of aromatic nitrogens is 2. The lowest BCUT2D eigenvalue weighted by atomic mass is 10.2. The Kier molecular flexibility index (Phi) is 3.53. The maximum atomic E-state index is 5.81. The van der Waals surface area contributed by atoms with Gasteiger partial charge in [-0.3, -0.25) is 0 Å². The molecule has 0 radical (unpaired) electrons. The molecule has 82 valence electrons. The Hall–Kier alpha value is -0.680. The summed E-state index contributed by atoms with van der Waals surface area (Å²) in [5.74, 6) is 3.00. The zero-order valence-electron chi connectivity index (χ0n) is 8.24. The van der Waals surface area contributed by atoms with E-state index >= 15 is 0 Å². The number of anilines is 2. The van der Waals surface area contributed by atoms with Gasteiger partial charge in [0.25, 0.3) is 0 Å². The molecule has 15 heavy (non-hydrogen) atoms. The van der Waals surface area contributed by atoms with Crippen LogP contribution in [0.4, 0.5) is 11.5 Å². The van der Waals surface area contributed by atoms with Crippen LogP contribution < -0.4 is 11.1 Å². The standard InChI is InChI=1S/C9H13ClN4S/c10-8-7(11)9(13-5-12-8)14-6-2-1-3-15-4-6/h5-6H,1-4,11H2,(H,12,13,14). The molecule has 0 amide bonds. The Morgan fingerprint density at radius 3 is 3.13 bits per heavy atom. The summed E-state index contributed by atoms with van der Waals surface area (Å²) in [5.41, 5.74) is 6.21. The summed E-state index contributed by atoms with van der Waals surface area (Å²) in [6.45, 7) is 0. The third-order valence-electron chi connectivity index (χ3n) is 2.34. The topological polar surface area (TPSA) is 63.8 Å². The molecule has 0 bridgehead atoms. The van der Waals surface area contributed by atoms with Gasteiger partial charge in [-0.15, -0.1) is 0 Å². The number of halogens is 1. The van der Waals surface area contributed by atoms with E-state index < -0.39 is 0 Å². The molecule has 1 atom stereocenters. The van der Waals surface area contributed by atoms with Crippen molar-refractivity contribution in [2.75, 3.05) is 22.6 Å². The molecule has 1 aliphatic heterocycles. The molecule has 2 rings (SSSR count). The van der Waals surface area contributed by atoms with Gasteiger partial charge in [0.2, 0.25) is 0 Å². The molecule has 6 heteroatoms. The number of nitrogens with zero attached hydrogens (tertiary/aromatic N) is 2. The van der Waals surface area contributed by atoms with E-state index in [0.29, 0.717) is 22.7 Å². The Morgan fingerprint density at radius 1 is 1.53 bits per heavy atom. The Labute approximate surface area is 98.0 Å². The van der Waals surface area contributed by atoms with Crippen LogP contribution in [0.5, 0.6) is 0 Å². The quantitative estimate of drug-likeness (QED) is 0.780. The van der Waals surface area contributed by atoms with Crippen LogP contribution in [0.1, 0.15) is 12.8 Å². The smallest absolute Gasteiger partial charge is 0.157 e. The first-order chi connectivity index (χ1) is 7.27. The normalized spacial score (nSPS) is 21.3. The highest BCUT2D eigenvalue weighted by Gasteiger charge is 2.15. The molecule has 0 saturated carbocycles. The summed E-state index contributed by atoms with van der Waals surface area (Å²) in [7, 11) is 0. The highest BCUT2D eigenvalue weighted by molar-refractivity contribution is 7.99. The minimum Gasteiger partial charge on any atom is -0.393 e. The molecule has 4 nitrogen and oxygen atoms in total. The maximum absolute atomic E-state index is 5.81. The highest BCUT2D eigenvalue weighted by Crippen LogP contribution is 2.25. The van der Waals surface area contributed by atoms with Gasteiger partial charge < -0.3 is 11.1 Å². The van der Waals surface area contributed by atoms with Crippen molar-refractivity contribution in [3.63, 3.8) is 0 Å². The van der Waals surface area contributed by atoms with E-state index in [4.69, 9.17) is 17.3 Å². The van der Waals surface area contributed by atoms with E-state index in [-0.39, 0.29) is 0 Å². The molecular weight excluding hydrogens is 232 g/mol. The van der Waals surface area contributed by atoms with E-state index in [1.54, 1.807) is 0 Å². The average molecular weight is 245 g/mol. The third-order valence-corrected chi connectivity index (χ3v) is 3.85. The molecule has 0 aromatic carbocycles. The zero-order chi connectivity index (χ0) is 10.7. The van der Waals surface area contributed by atoms with E-state index in [2.05, 4.69) is 15.3 Å². The predicted molar refractivity (Wildman–Crippen MR) is 65.4 cm³/mol. The lowest BCUT2D eigenvalue weighted by Crippen LogP contribution is -2.26. The Balaban J connectivity index is 2.06. The minimum absolute atomic E-state index is 0.316. The first kappa shape index (κ1) is 10.8. The van der Waals surface area contributed by atoms with Gasteiger partial charge in [-0.25, -0.2) is 9.97 Å². The van der Waals surface area contributed by atoms with Crippen molar-refractivity contribution in [1.82, 2.24) is 9.97 Å². The summed E-state index contributed by atoms with van der Waals surface area (Å²) in [5, 5.41) is 3.62. The largest absolute Gasteiger partial charge is 0.393 e. The molecule has 1 saturated heterocycles. The van der Waals surface area contributed by atoms with Crippen LogP contribution in [-0.2, 0) is 0 Å². The number of hydrogen-bond donors (Lipinski definition) is 2. The molecule has 1 fully saturated rings. The molecular formula is C9H13ClN4S. The molecule has 0 aliphatic carbocycles. The third kappa shape index (κ3) is 2.66. The van der Waals surface area contributed by atoms with E-state index in [0.717, 1.165) is 12.2 Å². The first-order valence-electron chi connectivity index (χ1n) is 4.87. The number of nitrogens with one attached hydrogen (secondary N) is 1. The van der Waals surface area contributed by atoms with Crippen LogP contribution in [0.3, 0.4) is 0 Å². The monoisotopic (exact) mass is 244 g/mol. The summed E-state index contributed by atoms with van der Waals surface area (Å²) in [6, 6.07) is 0.442. The van der Waals surface area contributed by atoms with Gasteiger partial charge in [-0.1, -0.05) is 11.6 Å². The molecule has 3 N–H and O–H groups in total. The number of rotatable bonds is 2. The van der Waals surface area contributed by atoms with Gasteiger partial charge >= 0.3 is 0 Å². The van der Waals surface area contributed by atoms with E-state index in [1.165, 1.54) is 18.5 Å². The van der Waals surface area contributed by atoms with Gasteiger partial charge in [0.1, 0.15) is 12.0 Å². The van der Waals surface area contributed by atoms with Crippen LogP contribution in [0.25, 0.3) is 0 Å². The second kappa shape index (κ2) is 4.90. The zero-order valence-corrected chi connectivity index (χ0v) is 9.81. The van der Waals surface area contributed by atoms with Gasteiger partial charge in [-0.05, 0) is 18.6 Å². The Morgan fingerprint density at radius 2 is 2.40 bits per heavy atom. The number of nitrogens with two attached hydrogens (primary N) is 1. The van der Waals surface area contributed by atoms with Crippen LogP contribution in [0.2, 0.25) is 5.15 Å². The van der Waals surface area contributed by atoms with Crippen molar-refractivity contribution in [2.24, 2.45) is 0 Å². The van der Waals surface area contributed by atoms with Crippen molar-refractivity contribution in [3.8, 4) is 0 Å². The van der Waals surface area contributed by atoms with E-state index in [1.807, 2.05) is 11.8 Å². The SMILES string of the molecule is Nc1c(Cl)ncnc1NC1CCCSC1. The molecule has 1 aromatic rings. The first-order valence-corrected chi connectivity index (χ1v) is 6.41. The minimum atomic E-state index is 0.316. The van der Waals surface area contributed by atoms with Crippen LogP contribution >= 0.6 is 23.4 Å². The van der Waals surface area contributed by atoms with Crippen molar-refractivity contribution in [2.45, 2.75) is 18.9 Å². The number of thioether (sulfide) groups is 1. The van der Waals surface area contributed by atoms with Crippen molar-refractivity contribution >= 4 is 34.9 Å². The predicted octanol–water partition coefficient (Wildman–Crippen LogP) is 2.02. The Bertz CT molecular complexity index is 341. The van der Waals surface area contributed by atoms with Gasteiger partial charge in [0.15, 0.2) is 11.0 Å². The summed E-state index contributed by atoms with van der Waals surface area (Å²) in [6.07, 6.45) is 3.83. The van der Waals surface area contributed by atoms with Crippen LogP contribution in [0, 0.1) is 0 Å². The summed E-state index contributed by atoms with van der Waals surface area (Å²) >= 11 is 7.76. The van der Waals surface area contributed by atoms with E-state index in [9.17, 15) is 0 Å². The average Bonchev–Trinajstić information content (AvgIpc) is 2.26. The maximum Gasteiger partial charge on any atom is 0.157 e. The van der Waals surface area contributed by atoms with Crippen molar-refractivity contribution in [1.29, 1.82) is 0 Å². The molecule has 1 aliphatic rings. The fraction of sp³-hybridized carbons (Fsp3) is 0.556. The molecule has 0 spiro atoms. The second-order valence-corrected chi connectivity index (χ2v) is 4.99. The van der Waals surface area contributed by atoms with Crippen molar-refractivity contribution < 1.29 is 0 Å². The van der Waals surface area contributed by atoms with Crippen molar-refractivity contribution in [3.05, 3.63) is 11.5 Å². The number of nitrogen functional groups attached to an aromatic ring is 1. The lowest BCUT2D eigenvalue weighted by molar-refractivity contribution is 0.682. The molecule has 1 unspecified atom stereocenters. The summed E-state index contributed by atoms with van der Waals surface area (Å²) in [4.78, 5) is 7.91. The lowest BCUT2D eigenvalue weighted by Gasteiger charge is -2.23. The second-order valence-electron chi connectivity index (χ2n) is 3.49. The van der Waals surface area contributed by atoms with Crippen LogP contribution in [-0.4, -0.2) is 27.5 Å². The summed E-state index contributed by atoms with van der Waals surface area (Å²) < 4.78 is 0. The number of hydrogen-bond acceptors (Lipinski definition) is 5. The highest BCUT2D eigenvalue weighted by atomic mass is 35.5. The fourth-order valence-corrected chi connectivity index (χ4v) is 2.74. The van der Waals surface area contributed by atoms with Gasteiger partial charge in [0.05, 0.1) is 0 Å². The van der Waals surface area contributed by atoms with Gasteiger partial charge in [0, 0.05) is 11.8 Å². The molecule has 2 heterocycles. The fourth-order valence-electron chi connectivity index (χ4n) is 1.54. The van der Waals surface area contributed by atoms with Crippen LogP contribution in [0.15, 0.2) is 6.33 Å². The van der Waals surface area contributed by atoms with Gasteiger partial charge in [-0.2, -0.15) is 11.8 Å².